The molecule has 0 saturated heterocycles. The molecule has 2 aromatic rings. The van der Waals surface area contributed by atoms with Crippen molar-refractivity contribution < 1.29 is 17.6 Å². The minimum Gasteiger partial charge on any atom is -0.325 e. The third kappa shape index (κ3) is 2.61. The van der Waals surface area contributed by atoms with Crippen LogP contribution in [0, 0.1) is 5.82 Å². The van der Waals surface area contributed by atoms with Crippen molar-refractivity contribution in [1.82, 2.24) is 15.2 Å². The van der Waals surface area contributed by atoms with Crippen LogP contribution in [-0.4, -0.2) is 40.5 Å². The summed E-state index contributed by atoms with van der Waals surface area (Å²) in [6, 6.07) is 3.95. The number of carbonyl (C=O) groups is 1. The molecule has 2 N–H and O–H groups in total. The van der Waals surface area contributed by atoms with E-state index in [1.807, 2.05) is 0 Å². The first-order valence-electron chi connectivity index (χ1n) is 7.00. The highest BCUT2D eigenvalue weighted by Gasteiger charge is 2.52. The summed E-state index contributed by atoms with van der Waals surface area (Å²) < 4.78 is 36.4. The van der Waals surface area contributed by atoms with Gasteiger partial charge in [0.15, 0.2) is 20.4 Å². The largest absolute Gasteiger partial charge is 0.325 e. The highest BCUT2D eigenvalue weighted by molar-refractivity contribution is 7.93. The second-order valence-electron chi connectivity index (χ2n) is 5.60. The van der Waals surface area contributed by atoms with E-state index in [0.29, 0.717) is 24.9 Å². The van der Waals surface area contributed by atoms with Crippen LogP contribution in [0.25, 0.3) is 11.4 Å². The van der Waals surface area contributed by atoms with Crippen LogP contribution in [0.3, 0.4) is 0 Å². The maximum Gasteiger partial charge on any atom is 0.245 e. The zero-order valence-electron chi connectivity index (χ0n) is 12.3. The van der Waals surface area contributed by atoms with E-state index >= 15 is 0 Å². The number of halogens is 1. The molecule has 1 aliphatic carbocycles. The molecule has 0 spiro atoms. The van der Waals surface area contributed by atoms with Gasteiger partial charge in [-0.2, -0.15) is 5.10 Å². The van der Waals surface area contributed by atoms with Crippen molar-refractivity contribution in [2.75, 3.05) is 11.6 Å². The monoisotopic (exact) mass is 338 g/mol. The highest BCUT2D eigenvalue weighted by Crippen LogP contribution is 2.40. The fourth-order valence-corrected chi connectivity index (χ4v) is 4.05. The molecule has 0 atom stereocenters. The average Bonchev–Trinajstić information content (AvgIpc) is 2.91. The third-order valence-electron chi connectivity index (χ3n) is 4.18. The second-order valence-corrected chi connectivity index (χ2v) is 7.93. The molecule has 0 aliphatic heterocycles. The standard InChI is InChI=1S/C14H15FN4O3S/c1-23(21,22)14(5-2-6-14)13(20)18-9-3-4-11(15)10(7-9)12-16-8-17-19-12/h3-4,7-8H,2,5-6H2,1H3,(H,18,20)(H,16,17,19). The maximum absolute atomic E-state index is 13.9. The number of benzene rings is 1. The summed E-state index contributed by atoms with van der Waals surface area (Å²) >= 11 is 0. The number of nitrogens with zero attached hydrogens (tertiary/aromatic N) is 2. The van der Waals surface area contributed by atoms with Gasteiger partial charge in [-0.3, -0.25) is 9.89 Å². The first kappa shape index (κ1) is 15.6. The van der Waals surface area contributed by atoms with Gasteiger partial charge in [-0.15, -0.1) is 0 Å². The molecule has 0 bridgehead atoms. The number of H-pyrrole nitrogens is 1. The van der Waals surface area contributed by atoms with Crippen molar-refractivity contribution in [2.24, 2.45) is 0 Å². The number of carbonyl (C=O) groups excluding carboxylic acids is 1. The molecule has 1 aromatic carbocycles. The van der Waals surface area contributed by atoms with E-state index in [0.717, 1.165) is 6.26 Å². The number of amides is 1. The Bertz CT molecular complexity index is 845. The molecule has 1 heterocycles. The molecule has 0 radical (unpaired) electrons. The summed E-state index contributed by atoms with van der Waals surface area (Å²) in [7, 11) is -3.52. The predicted octanol–water partition coefficient (Wildman–Crippen LogP) is 1.52. The number of anilines is 1. The van der Waals surface area contributed by atoms with Crippen molar-refractivity contribution in [3.63, 3.8) is 0 Å². The molecular formula is C14H15FN4O3S. The molecule has 7 nitrogen and oxygen atoms in total. The highest BCUT2D eigenvalue weighted by atomic mass is 32.2. The lowest BCUT2D eigenvalue weighted by atomic mass is 9.83. The van der Waals surface area contributed by atoms with Gasteiger partial charge in [-0.1, -0.05) is 0 Å². The van der Waals surface area contributed by atoms with Gasteiger partial charge >= 0.3 is 0 Å². The van der Waals surface area contributed by atoms with Crippen LogP contribution in [0.2, 0.25) is 0 Å². The summed E-state index contributed by atoms with van der Waals surface area (Å²) in [4.78, 5) is 16.3. The van der Waals surface area contributed by atoms with E-state index in [2.05, 4.69) is 20.5 Å². The molecule has 1 aliphatic rings. The Balaban J connectivity index is 1.89. The average molecular weight is 338 g/mol. The number of hydrogen-bond donors (Lipinski definition) is 2. The molecule has 9 heteroatoms. The topological polar surface area (TPSA) is 105 Å². The van der Waals surface area contributed by atoms with Crippen molar-refractivity contribution in [3.05, 3.63) is 30.3 Å². The van der Waals surface area contributed by atoms with Crippen LogP contribution in [0.4, 0.5) is 10.1 Å². The lowest BCUT2D eigenvalue weighted by Gasteiger charge is -2.38. The minimum atomic E-state index is -3.52. The van der Waals surface area contributed by atoms with Crippen LogP contribution in [0.5, 0.6) is 0 Å². The zero-order chi connectivity index (χ0) is 16.7. The Kier molecular flexibility index (Phi) is 3.67. The van der Waals surface area contributed by atoms with Gasteiger partial charge in [0.25, 0.3) is 0 Å². The smallest absolute Gasteiger partial charge is 0.245 e. The quantitative estimate of drug-likeness (QED) is 0.879. The summed E-state index contributed by atoms with van der Waals surface area (Å²) in [5, 5.41) is 8.77. The number of aromatic amines is 1. The van der Waals surface area contributed by atoms with E-state index in [9.17, 15) is 17.6 Å². The lowest BCUT2D eigenvalue weighted by molar-refractivity contribution is -0.120. The van der Waals surface area contributed by atoms with Gasteiger partial charge in [0.2, 0.25) is 5.91 Å². The van der Waals surface area contributed by atoms with Gasteiger partial charge in [-0.25, -0.2) is 17.8 Å². The molecule has 1 aromatic heterocycles. The van der Waals surface area contributed by atoms with Crippen LogP contribution in [-0.2, 0) is 14.6 Å². The first-order chi connectivity index (χ1) is 10.8. The number of sulfone groups is 1. The summed E-state index contributed by atoms with van der Waals surface area (Å²) in [6.45, 7) is 0. The minimum absolute atomic E-state index is 0.141. The van der Waals surface area contributed by atoms with Crippen LogP contribution in [0.15, 0.2) is 24.5 Å². The van der Waals surface area contributed by atoms with Gasteiger partial charge in [0.05, 0.1) is 5.56 Å². The molecular weight excluding hydrogens is 323 g/mol. The summed E-state index contributed by atoms with van der Waals surface area (Å²) in [5.74, 6) is -0.886. The van der Waals surface area contributed by atoms with E-state index in [4.69, 9.17) is 0 Å². The van der Waals surface area contributed by atoms with Gasteiger partial charge in [-0.05, 0) is 37.5 Å². The SMILES string of the molecule is CS(=O)(=O)C1(C(=O)Nc2ccc(F)c(-c3ncn[nH]3)c2)CCC1. The number of aromatic nitrogens is 3. The Morgan fingerprint density at radius 3 is 2.65 bits per heavy atom. The molecule has 23 heavy (non-hydrogen) atoms. The van der Waals surface area contributed by atoms with Gasteiger partial charge in [0.1, 0.15) is 12.1 Å². The molecule has 122 valence electrons. The molecule has 1 saturated carbocycles. The Morgan fingerprint density at radius 1 is 1.39 bits per heavy atom. The second kappa shape index (κ2) is 5.41. The number of nitrogens with one attached hydrogen (secondary N) is 2. The Morgan fingerprint density at radius 2 is 2.13 bits per heavy atom. The van der Waals surface area contributed by atoms with Crippen molar-refractivity contribution in [2.45, 2.75) is 24.0 Å². The van der Waals surface area contributed by atoms with Crippen LogP contribution < -0.4 is 5.32 Å². The fraction of sp³-hybridized carbons (Fsp3) is 0.357. The first-order valence-corrected chi connectivity index (χ1v) is 8.89. The third-order valence-corrected chi connectivity index (χ3v) is 6.19. The summed E-state index contributed by atoms with van der Waals surface area (Å²) in [6.07, 6.45) is 3.60. The molecule has 1 fully saturated rings. The lowest BCUT2D eigenvalue weighted by Crippen LogP contribution is -2.54. The van der Waals surface area contributed by atoms with Crippen LogP contribution >= 0.6 is 0 Å². The van der Waals surface area contributed by atoms with E-state index in [1.165, 1.54) is 24.5 Å². The molecule has 1 amide bonds. The maximum atomic E-state index is 13.9. The zero-order valence-corrected chi connectivity index (χ0v) is 13.2. The van der Waals surface area contributed by atoms with E-state index < -0.39 is 26.3 Å². The van der Waals surface area contributed by atoms with Gasteiger partial charge < -0.3 is 5.32 Å². The fourth-order valence-electron chi connectivity index (χ4n) is 2.63. The van der Waals surface area contributed by atoms with E-state index in [-0.39, 0.29) is 11.4 Å². The molecule has 3 rings (SSSR count). The normalized spacial score (nSPS) is 16.6. The molecule has 0 unspecified atom stereocenters. The Hall–Kier alpha value is -2.29. The predicted molar refractivity (Wildman–Crippen MR) is 81.8 cm³/mol. The summed E-state index contributed by atoms with van der Waals surface area (Å²) in [5.41, 5.74) is 0.444. The van der Waals surface area contributed by atoms with Crippen molar-refractivity contribution >= 4 is 21.4 Å². The van der Waals surface area contributed by atoms with Crippen LogP contribution in [0.1, 0.15) is 19.3 Å². The van der Waals surface area contributed by atoms with Crippen molar-refractivity contribution in [3.8, 4) is 11.4 Å². The van der Waals surface area contributed by atoms with E-state index in [1.54, 1.807) is 0 Å². The Labute approximate surface area is 132 Å². The van der Waals surface area contributed by atoms with Crippen molar-refractivity contribution in [1.29, 1.82) is 0 Å². The number of hydrogen-bond acceptors (Lipinski definition) is 5. The number of rotatable bonds is 4. The van der Waals surface area contributed by atoms with Gasteiger partial charge in [0, 0.05) is 11.9 Å².